The lowest BCUT2D eigenvalue weighted by molar-refractivity contribution is 0.389. The zero-order valence-electron chi connectivity index (χ0n) is 8.80. The summed E-state index contributed by atoms with van der Waals surface area (Å²) in [4.78, 5) is 0. The Labute approximate surface area is 89.9 Å². The average Bonchev–Trinajstić information content (AvgIpc) is 2.28. The van der Waals surface area contributed by atoms with E-state index in [1.165, 1.54) is 18.9 Å². The van der Waals surface area contributed by atoms with E-state index in [2.05, 4.69) is 10.6 Å². The third-order valence-corrected chi connectivity index (χ3v) is 2.78. The Bertz CT molecular complexity index is 308. The molecule has 2 rings (SSSR count). The molecule has 2 nitrogen and oxygen atoms in total. The molecule has 0 aromatic heterocycles. The van der Waals surface area contributed by atoms with Crippen LogP contribution < -0.4 is 10.6 Å². The molecule has 82 valence electrons. The number of nitrogens with one attached hydrogen (secondary N) is 2. The lowest BCUT2D eigenvalue weighted by Gasteiger charge is -2.23. The molecule has 0 radical (unpaired) electrons. The van der Waals surface area contributed by atoms with Gasteiger partial charge in [-0.25, -0.2) is 4.39 Å². The maximum absolute atomic E-state index is 12.9. The molecule has 3 heteroatoms. The second-order valence-corrected chi connectivity index (χ2v) is 4.05. The van der Waals surface area contributed by atoms with Crippen molar-refractivity contribution in [1.82, 2.24) is 10.6 Å². The summed E-state index contributed by atoms with van der Waals surface area (Å²) >= 11 is 0. The summed E-state index contributed by atoms with van der Waals surface area (Å²) < 4.78 is 12.9. The van der Waals surface area contributed by atoms with Crippen LogP contribution in [-0.2, 0) is 6.54 Å². The van der Waals surface area contributed by atoms with Crippen LogP contribution in [0.4, 0.5) is 4.39 Å². The molecule has 1 saturated heterocycles. The highest BCUT2D eigenvalue weighted by Crippen LogP contribution is 2.06. The normalized spacial score (nSPS) is 21.5. The molecule has 1 aromatic carbocycles. The average molecular weight is 208 g/mol. The van der Waals surface area contributed by atoms with Gasteiger partial charge in [0.1, 0.15) is 5.82 Å². The van der Waals surface area contributed by atoms with Gasteiger partial charge in [-0.3, -0.25) is 0 Å². The minimum Gasteiger partial charge on any atom is -0.315 e. The molecule has 1 aliphatic heterocycles. The van der Waals surface area contributed by atoms with E-state index >= 15 is 0 Å². The van der Waals surface area contributed by atoms with Gasteiger partial charge in [-0.05, 0) is 37.1 Å². The lowest BCUT2D eigenvalue weighted by Crippen LogP contribution is -2.42. The van der Waals surface area contributed by atoms with Crippen molar-refractivity contribution in [2.45, 2.75) is 25.4 Å². The maximum atomic E-state index is 12.9. The largest absolute Gasteiger partial charge is 0.315 e. The van der Waals surface area contributed by atoms with Crippen molar-refractivity contribution in [1.29, 1.82) is 0 Å². The summed E-state index contributed by atoms with van der Waals surface area (Å²) in [6.07, 6.45) is 2.43. The molecule has 1 atom stereocenters. The Hall–Kier alpha value is -0.930. The molecule has 1 unspecified atom stereocenters. The van der Waals surface area contributed by atoms with E-state index in [1.807, 2.05) is 6.07 Å². The van der Waals surface area contributed by atoms with E-state index in [4.69, 9.17) is 0 Å². The molecule has 1 aromatic rings. The van der Waals surface area contributed by atoms with E-state index in [-0.39, 0.29) is 5.82 Å². The zero-order valence-corrected chi connectivity index (χ0v) is 8.80. The van der Waals surface area contributed by atoms with Crippen LogP contribution in [-0.4, -0.2) is 19.1 Å². The highest BCUT2D eigenvalue weighted by Gasteiger charge is 2.11. The van der Waals surface area contributed by atoms with Gasteiger partial charge in [0.05, 0.1) is 0 Å². The quantitative estimate of drug-likeness (QED) is 0.789. The first kappa shape index (κ1) is 10.6. The van der Waals surface area contributed by atoms with Crippen molar-refractivity contribution in [2.75, 3.05) is 13.1 Å². The van der Waals surface area contributed by atoms with Gasteiger partial charge in [-0.15, -0.1) is 0 Å². The highest BCUT2D eigenvalue weighted by atomic mass is 19.1. The van der Waals surface area contributed by atoms with Crippen LogP contribution in [0, 0.1) is 5.82 Å². The molecule has 2 N–H and O–H groups in total. The predicted octanol–water partition coefficient (Wildman–Crippen LogP) is 1.67. The van der Waals surface area contributed by atoms with Gasteiger partial charge in [0.25, 0.3) is 0 Å². The van der Waals surface area contributed by atoms with Gasteiger partial charge in [0, 0.05) is 19.1 Å². The molecule has 0 amide bonds. The SMILES string of the molecule is Fc1cccc(CNC2CCCNC2)c1. The number of hydrogen-bond donors (Lipinski definition) is 2. The van der Waals surface area contributed by atoms with Crippen LogP contribution in [0.5, 0.6) is 0 Å². The molecule has 0 bridgehead atoms. The minimum absolute atomic E-state index is 0.156. The van der Waals surface area contributed by atoms with Gasteiger partial charge in [0.15, 0.2) is 0 Å². The monoisotopic (exact) mass is 208 g/mol. The Kier molecular flexibility index (Phi) is 3.69. The first-order valence-electron chi connectivity index (χ1n) is 5.53. The van der Waals surface area contributed by atoms with Crippen LogP contribution in [0.1, 0.15) is 18.4 Å². The Morgan fingerprint density at radius 2 is 2.40 bits per heavy atom. The van der Waals surface area contributed by atoms with Crippen LogP contribution in [0.3, 0.4) is 0 Å². The summed E-state index contributed by atoms with van der Waals surface area (Å²) in [7, 11) is 0. The molecular weight excluding hydrogens is 191 g/mol. The van der Waals surface area contributed by atoms with Crippen LogP contribution in [0.2, 0.25) is 0 Å². The fourth-order valence-electron chi connectivity index (χ4n) is 1.94. The lowest BCUT2D eigenvalue weighted by atomic mass is 10.1. The van der Waals surface area contributed by atoms with E-state index < -0.39 is 0 Å². The van der Waals surface area contributed by atoms with Crippen molar-refractivity contribution in [3.8, 4) is 0 Å². The molecule has 15 heavy (non-hydrogen) atoms. The van der Waals surface area contributed by atoms with Crippen LogP contribution in [0.15, 0.2) is 24.3 Å². The van der Waals surface area contributed by atoms with Gasteiger partial charge in [0.2, 0.25) is 0 Å². The van der Waals surface area contributed by atoms with E-state index in [1.54, 1.807) is 12.1 Å². The highest BCUT2D eigenvalue weighted by molar-refractivity contribution is 5.16. The molecule has 1 heterocycles. The van der Waals surface area contributed by atoms with E-state index in [0.29, 0.717) is 6.04 Å². The van der Waals surface area contributed by atoms with Crippen molar-refractivity contribution < 1.29 is 4.39 Å². The third-order valence-electron chi connectivity index (χ3n) is 2.78. The zero-order chi connectivity index (χ0) is 10.5. The standard InChI is InChI=1S/C12H17FN2/c13-11-4-1-3-10(7-11)8-15-12-5-2-6-14-9-12/h1,3-4,7,12,14-15H,2,5-6,8-9H2. The van der Waals surface area contributed by atoms with Crippen molar-refractivity contribution in [2.24, 2.45) is 0 Å². The summed E-state index contributed by atoms with van der Waals surface area (Å²) in [6, 6.07) is 7.30. The Morgan fingerprint density at radius 3 is 3.13 bits per heavy atom. The number of halogens is 1. The Morgan fingerprint density at radius 1 is 1.47 bits per heavy atom. The summed E-state index contributed by atoms with van der Waals surface area (Å²) in [5, 5.41) is 6.78. The molecule has 0 aliphatic carbocycles. The number of hydrogen-bond acceptors (Lipinski definition) is 2. The van der Waals surface area contributed by atoms with Gasteiger partial charge >= 0.3 is 0 Å². The maximum Gasteiger partial charge on any atom is 0.123 e. The second-order valence-electron chi connectivity index (χ2n) is 4.05. The fourth-order valence-corrected chi connectivity index (χ4v) is 1.94. The van der Waals surface area contributed by atoms with Gasteiger partial charge in [-0.1, -0.05) is 12.1 Å². The molecular formula is C12H17FN2. The first-order valence-corrected chi connectivity index (χ1v) is 5.53. The van der Waals surface area contributed by atoms with Crippen molar-refractivity contribution >= 4 is 0 Å². The number of benzene rings is 1. The van der Waals surface area contributed by atoms with Gasteiger partial charge in [-0.2, -0.15) is 0 Å². The first-order chi connectivity index (χ1) is 7.34. The van der Waals surface area contributed by atoms with Crippen LogP contribution >= 0.6 is 0 Å². The van der Waals surface area contributed by atoms with E-state index in [9.17, 15) is 4.39 Å². The molecule has 0 saturated carbocycles. The Balaban J connectivity index is 1.81. The topological polar surface area (TPSA) is 24.1 Å². The third kappa shape index (κ3) is 3.29. The molecule has 1 fully saturated rings. The number of rotatable bonds is 3. The summed E-state index contributed by atoms with van der Waals surface area (Å²) in [5.41, 5.74) is 1.01. The second kappa shape index (κ2) is 5.24. The minimum atomic E-state index is -0.156. The predicted molar refractivity (Wildman–Crippen MR) is 59.1 cm³/mol. The smallest absolute Gasteiger partial charge is 0.123 e. The van der Waals surface area contributed by atoms with Gasteiger partial charge < -0.3 is 10.6 Å². The summed E-state index contributed by atoms with van der Waals surface area (Å²) in [5.74, 6) is -0.156. The summed E-state index contributed by atoms with van der Waals surface area (Å²) in [6.45, 7) is 2.90. The van der Waals surface area contributed by atoms with Crippen molar-refractivity contribution in [3.05, 3.63) is 35.6 Å². The van der Waals surface area contributed by atoms with Crippen LogP contribution in [0.25, 0.3) is 0 Å². The fraction of sp³-hybridized carbons (Fsp3) is 0.500. The van der Waals surface area contributed by atoms with Crippen molar-refractivity contribution in [3.63, 3.8) is 0 Å². The number of piperidine rings is 1. The molecule has 1 aliphatic rings. The molecule has 0 spiro atoms. The van der Waals surface area contributed by atoms with E-state index in [0.717, 1.165) is 25.2 Å².